The van der Waals surface area contributed by atoms with E-state index in [1.165, 1.54) is 0 Å². The van der Waals surface area contributed by atoms with Crippen LogP contribution in [0.3, 0.4) is 0 Å². The van der Waals surface area contributed by atoms with Gasteiger partial charge in [0, 0.05) is 11.1 Å². The average Bonchev–Trinajstić information content (AvgIpc) is 2.67. The van der Waals surface area contributed by atoms with Gasteiger partial charge in [-0.15, -0.1) is 0 Å². The minimum absolute atomic E-state index is 0.0127. The molecule has 0 aliphatic rings. The molecule has 0 aromatic carbocycles. The molecule has 0 fully saturated rings. The van der Waals surface area contributed by atoms with E-state index in [4.69, 9.17) is 10.2 Å². The fraction of sp³-hybridized carbons (Fsp3) is 0.636. The van der Waals surface area contributed by atoms with Crippen LogP contribution < -0.4 is 5.73 Å². The van der Waals surface area contributed by atoms with Gasteiger partial charge in [0.2, 0.25) is 0 Å². The van der Waals surface area contributed by atoms with Crippen LogP contribution in [0.2, 0.25) is 0 Å². The monoisotopic (exact) mass is 196 g/mol. The lowest BCUT2D eigenvalue weighted by molar-refractivity contribution is 0.131. The van der Waals surface area contributed by atoms with E-state index in [1.807, 2.05) is 6.07 Å². The van der Waals surface area contributed by atoms with E-state index < -0.39 is 0 Å². The van der Waals surface area contributed by atoms with Gasteiger partial charge in [-0.25, -0.2) is 0 Å². The van der Waals surface area contributed by atoms with Crippen molar-refractivity contribution in [1.82, 2.24) is 4.90 Å². The molecular formula is C11H20N2O. The topological polar surface area (TPSA) is 42.4 Å². The summed E-state index contributed by atoms with van der Waals surface area (Å²) in [6, 6.07) is 1.92. The number of likely N-dealkylation sites (N-methyl/N-ethyl adjacent to an activating group) is 1. The van der Waals surface area contributed by atoms with Crippen LogP contribution in [0.15, 0.2) is 23.0 Å². The van der Waals surface area contributed by atoms with Gasteiger partial charge in [-0.3, -0.25) is 0 Å². The summed E-state index contributed by atoms with van der Waals surface area (Å²) in [5.74, 6) is 0. The lowest BCUT2D eigenvalue weighted by Gasteiger charge is -2.40. The molecule has 0 bridgehead atoms. The Morgan fingerprint density at radius 2 is 2.21 bits per heavy atom. The Hall–Kier alpha value is -0.800. The largest absolute Gasteiger partial charge is 0.472 e. The maximum absolute atomic E-state index is 6.23. The first-order valence-electron chi connectivity index (χ1n) is 4.97. The molecule has 3 heteroatoms. The Kier molecular flexibility index (Phi) is 3.34. The van der Waals surface area contributed by atoms with Crippen molar-refractivity contribution >= 4 is 0 Å². The van der Waals surface area contributed by atoms with Gasteiger partial charge in [-0.2, -0.15) is 0 Å². The van der Waals surface area contributed by atoms with Gasteiger partial charge in [-0.05, 0) is 33.5 Å². The summed E-state index contributed by atoms with van der Waals surface area (Å²) >= 11 is 0. The third-order valence-electron chi connectivity index (χ3n) is 3.31. The van der Waals surface area contributed by atoms with Crippen molar-refractivity contribution in [2.75, 3.05) is 14.1 Å². The minimum Gasteiger partial charge on any atom is -0.472 e. The smallest absolute Gasteiger partial charge is 0.0951 e. The van der Waals surface area contributed by atoms with Gasteiger partial charge in [-0.1, -0.05) is 6.92 Å². The third-order valence-corrected chi connectivity index (χ3v) is 3.31. The molecule has 2 atom stereocenters. The second-order valence-corrected chi connectivity index (χ2v) is 4.14. The number of furan rings is 1. The number of rotatable bonds is 4. The number of nitrogens with two attached hydrogens (primary N) is 1. The molecule has 3 nitrogen and oxygen atoms in total. The van der Waals surface area contributed by atoms with Gasteiger partial charge in [0.15, 0.2) is 0 Å². The third kappa shape index (κ3) is 1.83. The second-order valence-electron chi connectivity index (χ2n) is 4.14. The molecule has 1 aromatic heterocycles. The van der Waals surface area contributed by atoms with Crippen molar-refractivity contribution in [3.8, 4) is 0 Å². The Morgan fingerprint density at radius 3 is 2.57 bits per heavy atom. The highest BCUT2D eigenvalue weighted by Gasteiger charge is 2.33. The molecule has 2 unspecified atom stereocenters. The first-order chi connectivity index (χ1) is 6.52. The molecule has 0 saturated carbocycles. The summed E-state index contributed by atoms with van der Waals surface area (Å²) in [5.41, 5.74) is 7.26. The van der Waals surface area contributed by atoms with Crippen molar-refractivity contribution in [3.05, 3.63) is 24.2 Å². The van der Waals surface area contributed by atoms with Gasteiger partial charge < -0.3 is 15.1 Å². The molecule has 1 rings (SSSR count). The van der Waals surface area contributed by atoms with E-state index in [0.29, 0.717) is 0 Å². The molecule has 1 heterocycles. The summed E-state index contributed by atoms with van der Waals surface area (Å²) in [4.78, 5) is 2.17. The average molecular weight is 196 g/mol. The van der Waals surface area contributed by atoms with Crippen LogP contribution in [0, 0.1) is 0 Å². The summed E-state index contributed by atoms with van der Waals surface area (Å²) in [6.45, 7) is 4.32. The highest BCUT2D eigenvalue weighted by molar-refractivity contribution is 5.16. The Balaban J connectivity index is 2.90. The van der Waals surface area contributed by atoms with Crippen LogP contribution in [0.25, 0.3) is 0 Å². The van der Waals surface area contributed by atoms with Crippen molar-refractivity contribution in [2.45, 2.75) is 31.8 Å². The summed E-state index contributed by atoms with van der Waals surface area (Å²) in [6.07, 6.45) is 4.40. The van der Waals surface area contributed by atoms with Crippen molar-refractivity contribution in [3.63, 3.8) is 0 Å². The number of hydrogen-bond donors (Lipinski definition) is 1. The second kappa shape index (κ2) is 4.15. The Morgan fingerprint density at radius 1 is 1.57 bits per heavy atom. The van der Waals surface area contributed by atoms with Gasteiger partial charge in [0.05, 0.1) is 18.6 Å². The van der Waals surface area contributed by atoms with Gasteiger partial charge in [0.1, 0.15) is 0 Å². The lowest BCUT2D eigenvalue weighted by Crippen LogP contribution is -2.49. The number of nitrogens with zero attached hydrogens (tertiary/aromatic N) is 1. The maximum atomic E-state index is 6.23. The standard InChI is InChI=1S/C11H20N2O/c1-5-11(2,13(3)4)10(12)9-6-7-14-8-9/h6-8,10H,5,12H2,1-4H3. The van der Waals surface area contributed by atoms with Gasteiger partial charge in [0.25, 0.3) is 0 Å². The molecule has 0 radical (unpaired) electrons. The van der Waals surface area contributed by atoms with Crippen molar-refractivity contribution in [1.29, 1.82) is 0 Å². The predicted molar refractivity (Wildman–Crippen MR) is 58.0 cm³/mol. The van der Waals surface area contributed by atoms with E-state index in [0.717, 1.165) is 12.0 Å². The van der Waals surface area contributed by atoms with E-state index in [1.54, 1.807) is 12.5 Å². The van der Waals surface area contributed by atoms with Crippen LogP contribution in [0.4, 0.5) is 0 Å². The zero-order chi connectivity index (χ0) is 10.8. The first kappa shape index (κ1) is 11.3. The molecule has 2 N–H and O–H groups in total. The van der Waals surface area contributed by atoms with Crippen LogP contribution in [-0.4, -0.2) is 24.5 Å². The predicted octanol–water partition coefficient (Wildman–Crippen LogP) is 2.01. The normalized spacial score (nSPS) is 18.1. The van der Waals surface area contributed by atoms with E-state index in [9.17, 15) is 0 Å². The summed E-state index contributed by atoms with van der Waals surface area (Å²) in [5, 5.41) is 0. The molecule has 0 aliphatic carbocycles. The summed E-state index contributed by atoms with van der Waals surface area (Å²) < 4.78 is 5.06. The molecule has 0 saturated heterocycles. The summed E-state index contributed by atoms with van der Waals surface area (Å²) in [7, 11) is 4.12. The molecule has 0 spiro atoms. The van der Waals surface area contributed by atoms with E-state index >= 15 is 0 Å². The number of hydrogen-bond acceptors (Lipinski definition) is 3. The molecule has 1 aromatic rings. The molecule has 0 aliphatic heterocycles. The molecule has 0 amide bonds. The molecular weight excluding hydrogens is 176 g/mol. The fourth-order valence-electron chi connectivity index (χ4n) is 1.63. The maximum Gasteiger partial charge on any atom is 0.0951 e. The van der Waals surface area contributed by atoms with E-state index in [-0.39, 0.29) is 11.6 Å². The fourth-order valence-corrected chi connectivity index (χ4v) is 1.63. The Labute approximate surface area is 85.9 Å². The highest BCUT2D eigenvalue weighted by Crippen LogP contribution is 2.30. The minimum atomic E-state index is -0.0239. The van der Waals surface area contributed by atoms with Gasteiger partial charge >= 0.3 is 0 Å². The van der Waals surface area contributed by atoms with Crippen molar-refractivity contribution in [2.24, 2.45) is 5.73 Å². The lowest BCUT2D eigenvalue weighted by atomic mass is 9.85. The van der Waals surface area contributed by atoms with Crippen molar-refractivity contribution < 1.29 is 4.42 Å². The highest BCUT2D eigenvalue weighted by atomic mass is 16.3. The quantitative estimate of drug-likeness (QED) is 0.801. The zero-order valence-corrected chi connectivity index (χ0v) is 9.45. The first-order valence-corrected chi connectivity index (χ1v) is 4.97. The van der Waals surface area contributed by atoms with E-state index in [2.05, 4.69) is 32.8 Å². The zero-order valence-electron chi connectivity index (χ0n) is 9.45. The SMILES string of the molecule is CCC(C)(C(N)c1ccoc1)N(C)C. The molecule has 80 valence electrons. The molecule has 14 heavy (non-hydrogen) atoms. The van der Waals surface area contributed by atoms with Crippen LogP contribution >= 0.6 is 0 Å². The van der Waals surface area contributed by atoms with Crippen LogP contribution in [0.1, 0.15) is 31.9 Å². The Bertz CT molecular complexity index is 269. The van der Waals surface area contributed by atoms with Crippen LogP contribution in [0.5, 0.6) is 0 Å². The van der Waals surface area contributed by atoms with Crippen LogP contribution in [-0.2, 0) is 0 Å².